The van der Waals surface area contributed by atoms with Gasteiger partial charge in [0.15, 0.2) is 5.03 Å². The third-order valence-corrected chi connectivity index (χ3v) is 5.36. The molecule has 0 spiro atoms. The summed E-state index contributed by atoms with van der Waals surface area (Å²) in [5.74, 6) is 0. The van der Waals surface area contributed by atoms with Crippen LogP contribution in [0.5, 0.6) is 0 Å². The Hall–Kier alpha value is -1.70. The van der Waals surface area contributed by atoms with Crippen molar-refractivity contribution in [3.05, 3.63) is 18.6 Å². The van der Waals surface area contributed by atoms with E-state index in [9.17, 15) is 13.2 Å². The largest absolute Gasteiger partial charge is 0.444 e. The van der Waals surface area contributed by atoms with E-state index in [1.807, 2.05) is 0 Å². The molecule has 1 aromatic heterocycles. The molecule has 7 nitrogen and oxygen atoms in total. The summed E-state index contributed by atoms with van der Waals surface area (Å²) in [5, 5.41) is -0.725. The van der Waals surface area contributed by atoms with Crippen LogP contribution >= 0.6 is 0 Å². The Balaban J connectivity index is 2.12. The number of nitrogens with zero attached hydrogens (tertiary/aromatic N) is 3. The average molecular weight is 327 g/mol. The van der Waals surface area contributed by atoms with Gasteiger partial charge in [0.2, 0.25) is 9.84 Å². The first-order chi connectivity index (χ1) is 10.2. The Morgan fingerprint density at radius 3 is 2.68 bits per heavy atom. The second-order valence-corrected chi connectivity index (χ2v) is 8.45. The molecule has 1 fully saturated rings. The number of sulfone groups is 1. The van der Waals surface area contributed by atoms with Crippen molar-refractivity contribution in [3.8, 4) is 0 Å². The quantitative estimate of drug-likeness (QED) is 0.820. The van der Waals surface area contributed by atoms with Crippen molar-refractivity contribution in [2.45, 2.75) is 49.5 Å². The molecule has 0 bridgehead atoms. The molecule has 1 unspecified atom stereocenters. The minimum absolute atomic E-state index is 0.0500. The molecule has 122 valence electrons. The van der Waals surface area contributed by atoms with Crippen molar-refractivity contribution >= 4 is 15.9 Å². The Morgan fingerprint density at radius 2 is 2.09 bits per heavy atom. The number of hydrogen-bond acceptors (Lipinski definition) is 6. The van der Waals surface area contributed by atoms with Gasteiger partial charge < -0.3 is 9.64 Å². The lowest BCUT2D eigenvalue weighted by Crippen LogP contribution is -2.47. The fourth-order valence-corrected chi connectivity index (χ4v) is 3.90. The number of carbonyl (C=O) groups excluding carboxylic acids is 1. The average Bonchev–Trinajstić information content (AvgIpc) is 2.46. The second kappa shape index (κ2) is 6.20. The summed E-state index contributed by atoms with van der Waals surface area (Å²) in [6.07, 6.45) is 4.64. The Morgan fingerprint density at radius 1 is 1.36 bits per heavy atom. The van der Waals surface area contributed by atoms with Gasteiger partial charge in [0.05, 0.1) is 11.4 Å². The predicted octanol–water partition coefficient (Wildman–Crippen LogP) is 1.65. The van der Waals surface area contributed by atoms with Gasteiger partial charge in [-0.2, -0.15) is 0 Å². The standard InChI is InChI=1S/C14H21N3O4S/c1-14(2,3)21-13(18)17-8-4-5-11(10-17)22(19,20)12-9-15-6-7-16-12/h6-7,9,11H,4-5,8,10H2,1-3H3. The van der Waals surface area contributed by atoms with Crippen LogP contribution in [0.15, 0.2) is 23.6 Å². The maximum Gasteiger partial charge on any atom is 0.410 e. The van der Waals surface area contributed by atoms with Gasteiger partial charge in [-0.25, -0.2) is 18.2 Å². The van der Waals surface area contributed by atoms with Crippen molar-refractivity contribution in [2.75, 3.05) is 13.1 Å². The van der Waals surface area contributed by atoms with E-state index in [2.05, 4.69) is 9.97 Å². The fraction of sp³-hybridized carbons (Fsp3) is 0.643. The molecule has 0 saturated carbocycles. The number of amides is 1. The summed E-state index contributed by atoms with van der Waals surface area (Å²) in [6.45, 7) is 5.96. The van der Waals surface area contributed by atoms with Crippen LogP contribution in [0.2, 0.25) is 0 Å². The third-order valence-electron chi connectivity index (χ3n) is 3.30. The molecule has 2 heterocycles. The number of rotatable bonds is 2. The van der Waals surface area contributed by atoms with Crippen LogP contribution < -0.4 is 0 Å². The monoisotopic (exact) mass is 327 g/mol. The molecule has 8 heteroatoms. The number of aromatic nitrogens is 2. The first-order valence-electron chi connectivity index (χ1n) is 7.18. The fourth-order valence-electron chi connectivity index (χ4n) is 2.29. The minimum atomic E-state index is -3.60. The summed E-state index contributed by atoms with van der Waals surface area (Å²) >= 11 is 0. The molecule has 1 aromatic rings. The lowest BCUT2D eigenvalue weighted by Gasteiger charge is -2.33. The Bertz CT molecular complexity index is 625. The number of piperidine rings is 1. The smallest absolute Gasteiger partial charge is 0.410 e. The highest BCUT2D eigenvalue weighted by molar-refractivity contribution is 7.92. The maximum absolute atomic E-state index is 12.6. The van der Waals surface area contributed by atoms with Crippen LogP contribution in [0.1, 0.15) is 33.6 Å². The van der Waals surface area contributed by atoms with E-state index in [1.165, 1.54) is 23.5 Å². The first kappa shape index (κ1) is 16.7. The number of likely N-dealkylation sites (tertiary alicyclic amines) is 1. The van der Waals surface area contributed by atoms with Gasteiger partial charge in [-0.05, 0) is 33.6 Å². The van der Waals surface area contributed by atoms with E-state index in [1.54, 1.807) is 20.8 Å². The highest BCUT2D eigenvalue weighted by Gasteiger charge is 2.36. The summed E-state index contributed by atoms with van der Waals surface area (Å²) in [7, 11) is -3.60. The highest BCUT2D eigenvalue weighted by atomic mass is 32.2. The molecule has 1 amide bonds. The SMILES string of the molecule is CC(C)(C)OC(=O)N1CCCC(S(=O)(=O)c2cnccn2)C1. The predicted molar refractivity (Wildman–Crippen MR) is 80.0 cm³/mol. The van der Waals surface area contributed by atoms with Crippen molar-refractivity contribution in [3.63, 3.8) is 0 Å². The summed E-state index contributed by atoms with van der Waals surface area (Å²) < 4.78 is 30.4. The topological polar surface area (TPSA) is 89.5 Å². The first-order valence-corrected chi connectivity index (χ1v) is 8.72. The van der Waals surface area contributed by atoms with Crippen molar-refractivity contribution in [1.29, 1.82) is 0 Å². The molecule has 0 aliphatic carbocycles. The van der Waals surface area contributed by atoms with Crippen molar-refractivity contribution in [1.82, 2.24) is 14.9 Å². The molecule has 0 aromatic carbocycles. The molecule has 1 aliphatic rings. The van der Waals surface area contributed by atoms with Crippen LogP contribution in [-0.2, 0) is 14.6 Å². The van der Waals surface area contributed by atoms with Gasteiger partial charge in [-0.15, -0.1) is 0 Å². The van der Waals surface area contributed by atoms with Gasteiger partial charge in [0, 0.05) is 25.5 Å². The summed E-state index contributed by atoms with van der Waals surface area (Å²) in [6, 6.07) is 0. The Labute approximate surface area is 130 Å². The molecule has 2 rings (SSSR count). The van der Waals surface area contributed by atoms with Crippen LogP contribution in [-0.4, -0.2) is 53.3 Å². The number of ether oxygens (including phenoxy) is 1. The highest BCUT2D eigenvalue weighted by Crippen LogP contribution is 2.23. The van der Waals surface area contributed by atoms with Gasteiger partial charge in [-0.3, -0.25) is 4.98 Å². The number of carbonyl (C=O) groups is 1. The zero-order valence-electron chi connectivity index (χ0n) is 13.0. The maximum atomic E-state index is 12.6. The Kier molecular flexibility index (Phi) is 4.69. The van der Waals surface area contributed by atoms with E-state index in [-0.39, 0.29) is 11.6 Å². The molecular formula is C14H21N3O4S. The zero-order valence-corrected chi connectivity index (χ0v) is 13.8. The molecule has 0 N–H and O–H groups in total. The molecule has 1 aliphatic heterocycles. The normalized spacial score (nSPS) is 19.8. The number of hydrogen-bond donors (Lipinski definition) is 0. The summed E-state index contributed by atoms with van der Waals surface area (Å²) in [4.78, 5) is 21.2. The molecule has 1 saturated heterocycles. The van der Waals surface area contributed by atoms with Crippen molar-refractivity contribution in [2.24, 2.45) is 0 Å². The van der Waals surface area contributed by atoms with E-state index in [0.717, 1.165) is 0 Å². The third kappa shape index (κ3) is 3.94. The van der Waals surface area contributed by atoms with E-state index >= 15 is 0 Å². The summed E-state index contributed by atoms with van der Waals surface area (Å²) in [5.41, 5.74) is -0.603. The molecular weight excluding hydrogens is 306 g/mol. The van der Waals surface area contributed by atoms with Crippen LogP contribution in [0.3, 0.4) is 0 Å². The van der Waals surface area contributed by atoms with Gasteiger partial charge in [0.25, 0.3) is 0 Å². The van der Waals surface area contributed by atoms with Crippen LogP contribution in [0.25, 0.3) is 0 Å². The van der Waals surface area contributed by atoms with Crippen molar-refractivity contribution < 1.29 is 17.9 Å². The van der Waals surface area contributed by atoms with Gasteiger partial charge in [-0.1, -0.05) is 0 Å². The molecule has 22 heavy (non-hydrogen) atoms. The van der Waals surface area contributed by atoms with E-state index in [4.69, 9.17) is 4.74 Å². The molecule has 1 atom stereocenters. The van der Waals surface area contributed by atoms with Crippen LogP contribution in [0, 0.1) is 0 Å². The van der Waals surface area contributed by atoms with Gasteiger partial charge in [0.1, 0.15) is 5.60 Å². The van der Waals surface area contributed by atoms with E-state index < -0.39 is 26.8 Å². The second-order valence-electron chi connectivity index (χ2n) is 6.28. The van der Waals surface area contributed by atoms with Gasteiger partial charge >= 0.3 is 6.09 Å². The lowest BCUT2D eigenvalue weighted by atomic mass is 10.1. The zero-order chi connectivity index (χ0) is 16.4. The van der Waals surface area contributed by atoms with Crippen LogP contribution in [0.4, 0.5) is 4.79 Å². The van der Waals surface area contributed by atoms with E-state index in [0.29, 0.717) is 19.4 Å². The lowest BCUT2D eigenvalue weighted by molar-refractivity contribution is 0.0219. The minimum Gasteiger partial charge on any atom is -0.444 e. The molecule has 0 radical (unpaired) electrons.